The van der Waals surface area contributed by atoms with Gasteiger partial charge in [0.15, 0.2) is 17.8 Å². The maximum atomic E-state index is 5.88. The van der Waals surface area contributed by atoms with Crippen LogP contribution in [0, 0.1) is 0 Å². The van der Waals surface area contributed by atoms with E-state index in [2.05, 4.69) is 53.6 Å². The molecular weight excluding hydrogens is 320 g/mol. The molecule has 2 rings (SSSR count). The number of hydrogen-bond donors (Lipinski definition) is 0. The second-order valence-electron chi connectivity index (χ2n) is 6.43. The number of para-hydroxylation sites is 2. The summed E-state index contributed by atoms with van der Waals surface area (Å²) in [7, 11) is 0. The van der Waals surface area contributed by atoms with Crippen LogP contribution in [0.3, 0.4) is 0 Å². The van der Waals surface area contributed by atoms with Gasteiger partial charge in [-0.05, 0) is 31.4 Å². The number of aryl methyl sites for hydroxylation is 1. The summed E-state index contributed by atoms with van der Waals surface area (Å²) in [5.41, 5.74) is 2.59. The van der Waals surface area contributed by atoms with Crippen molar-refractivity contribution in [2.24, 2.45) is 0 Å². The largest absolute Gasteiger partial charge is 1.00 e. The lowest BCUT2D eigenvalue weighted by Crippen LogP contribution is -3.00. The Morgan fingerprint density at radius 3 is 2.38 bits per heavy atom. The van der Waals surface area contributed by atoms with Gasteiger partial charge >= 0.3 is 0 Å². The third-order valence-electron chi connectivity index (χ3n) is 4.40. The predicted octanol–water partition coefficient (Wildman–Crippen LogP) is 2.07. The lowest BCUT2D eigenvalue weighted by Gasteiger charge is -2.01. The first kappa shape index (κ1) is 21.0. The summed E-state index contributed by atoms with van der Waals surface area (Å²) in [4.78, 5) is 0. The van der Waals surface area contributed by atoms with E-state index in [4.69, 9.17) is 4.74 Å². The van der Waals surface area contributed by atoms with Crippen LogP contribution in [-0.4, -0.2) is 11.2 Å². The van der Waals surface area contributed by atoms with Gasteiger partial charge in [0, 0.05) is 0 Å². The van der Waals surface area contributed by atoms with Crippen molar-refractivity contribution in [1.29, 1.82) is 0 Å². The van der Waals surface area contributed by atoms with Crippen LogP contribution >= 0.6 is 0 Å². The summed E-state index contributed by atoms with van der Waals surface area (Å²) in [5, 5.41) is 0. The Kier molecular flexibility index (Phi) is 10.8. The van der Waals surface area contributed by atoms with E-state index in [1.165, 1.54) is 62.4 Å². The van der Waals surface area contributed by atoms with Crippen LogP contribution < -0.4 is 17.0 Å². The molecule has 24 heavy (non-hydrogen) atoms. The normalized spacial score (nSPS) is 10.9. The lowest BCUT2D eigenvalue weighted by molar-refractivity contribution is -0.710. The van der Waals surface area contributed by atoms with Crippen molar-refractivity contribution in [3.63, 3.8) is 0 Å². The zero-order valence-corrected chi connectivity index (χ0v) is 16.1. The molecule has 0 aliphatic heterocycles. The molecular formula is C20H33ClN2O. The quantitative estimate of drug-likeness (QED) is 0.422. The Balaban J connectivity index is 0.00000288. The number of nitrogens with zero attached hydrogens (tertiary/aromatic N) is 2. The van der Waals surface area contributed by atoms with E-state index in [0.29, 0.717) is 6.73 Å². The molecule has 0 saturated carbocycles. The molecule has 1 heterocycles. The highest BCUT2D eigenvalue weighted by Gasteiger charge is 2.14. The van der Waals surface area contributed by atoms with E-state index in [-0.39, 0.29) is 12.4 Å². The van der Waals surface area contributed by atoms with E-state index >= 15 is 0 Å². The van der Waals surface area contributed by atoms with Gasteiger partial charge in [-0.15, -0.1) is 0 Å². The highest BCUT2D eigenvalue weighted by atomic mass is 35.5. The van der Waals surface area contributed by atoms with Crippen molar-refractivity contribution in [3.8, 4) is 0 Å². The van der Waals surface area contributed by atoms with Gasteiger partial charge in [-0.3, -0.25) is 0 Å². The molecule has 1 aromatic heterocycles. The van der Waals surface area contributed by atoms with Crippen molar-refractivity contribution in [3.05, 3.63) is 30.6 Å². The Morgan fingerprint density at radius 2 is 1.62 bits per heavy atom. The Hall–Kier alpha value is -1.06. The molecule has 0 aliphatic carbocycles. The first-order chi connectivity index (χ1) is 11.4. The molecule has 0 N–H and O–H groups in total. The van der Waals surface area contributed by atoms with Crippen LogP contribution in [0.4, 0.5) is 0 Å². The molecule has 0 bridgehead atoms. The number of halogens is 1. The fraction of sp³-hybridized carbons (Fsp3) is 0.650. The maximum absolute atomic E-state index is 5.88. The Labute approximate surface area is 153 Å². The molecule has 136 valence electrons. The molecule has 0 unspecified atom stereocenters. The molecule has 0 radical (unpaired) electrons. The van der Waals surface area contributed by atoms with E-state index < -0.39 is 0 Å². The first-order valence-electron chi connectivity index (χ1n) is 9.41. The summed E-state index contributed by atoms with van der Waals surface area (Å²) < 4.78 is 10.5. The number of imidazole rings is 1. The van der Waals surface area contributed by atoms with E-state index in [1.54, 1.807) is 0 Å². The van der Waals surface area contributed by atoms with Gasteiger partial charge in [0.1, 0.15) is 0 Å². The van der Waals surface area contributed by atoms with Gasteiger partial charge in [0.25, 0.3) is 0 Å². The SMILES string of the molecule is CCCCCCOC[n+]1cn(CCCCCC)c2ccccc21.[Cl-]. The summed E-state index contributed by atoms with van der Waals surface area (Å²) in [6.07, 6.45) is 12.5. The van der Waals surface area contributed by atoms with Gasteiger partial charge in [0.05, 0.1) is 13.2 Å². The highest BCUT2D eigenvalue weighted by molar-refractivity contribution is 5.71. The molecule has 4 heteroatoms. The summed E-state index contributed by atoms with van der Waals surface area (Å²) in [5.74, 6) is 0. The molecule has 0 saturated heterocycles. The molecule has 0 aliphatic rings. The second kappa shape index (κ2) is 12.3. The monoisotopic (exact) mass is 352 g/mol. The standard InChI is InChI=1S/C20H33N2O.ClH/c1-3-5-7-11-15-21-17-22(18-23-16-12-8-6-4-2)20-14-10-9-13-19(20)21;/h9-10,13-14,17H,3-8,11-12,15-16,18H2,1-2H3;1H/q+1;/p-1. The minimum atomic E-state index is 0. The number of ether oxygens (including phenoxy) is 1. The first-order valence-corrected chi connectivity index (χ1v) is 9.41. The third-order valence-corrected chi connectivity index (χ3v) is 4.40. The minimum absolute atomic E-state index is 0. The summed E-state index contributed by atoms with van der Waals surface area (Å²) >= 11 is 0. The molecule has 3 nitrogen and oxygen atoms in total. The highest BCUT2D eigenvalue weighted by Crippen LogP contribution is 2.12. The lowest BCUT2D eigenvalue weighted by atomic mass is 10.2. The van der Waals surface area contributed by atoms with Crippen LogP contribution in [0.5, 0.6) is 0 Å². The van der Waals surface area contributed by atoms with Crippen LogP contribution in [0.1, 0.15) is 65.2 Å². The van der Waals surface area contributed by atoms with E-state index in [0.717, 1.165) is 13.2 Å². The number of aromatic nitrogens is 2. The molecule has 1 aromatic carbocycles. The smallest absolute Gasteiger partial charge is 0.246 e. The summed E-state index contributed by atoms with van der Waals surface area (Å²) in [6.45, 7) is 7.13. The molecule has 0 atom stereocenters. The molecule has 0 fully saturated rings. The van der Waals surface area contributed by atoms with Gasteiger partial charge in [-0.1, -0.05) is 58.1 Å². The van der Waals surface area contributed by atoms with Crippen LogP contribution in [0.15, 0.2) is 30.6 Å². The second-order valence-corrected chi connectivity index (χ2v) is 6.43. The van der Waals surface area contributed by atoms with Crippen LogP contribution in [-0.2, 0) is 18.0 Å². The van der Waals surface area contributed by atoms with Gasteiger partial charge in [-0.25, -0.2) is 9.13 Å². The molecule has 0 amide bonds. The van der Waals surface area contributed by atoms with Gasteiger partial charge in [0.2, 0.25) is 6.33 Å². The fourth-order valence-corrected chi connectivity index (χ4v) is 3.03. The Bertz CT molecular complexity index is 568. The number of fused-ring (bicyclic) bond motifs is 1. The molecule has 0 spiro atoms. The van der Waals surface area contributed by atoms with Crippen molar-refractivity contribution >= 4 is 11.0 Å². The number of benzene rings is 1. The summed E-state index contributed by atoms with van der Waals surface area (Å²) in [6, 6.07) is 8.65. The van der Waals surface area contributed by atoms with Crippen LogP contribution in [0.2, 0.25) is 0 Å². The van der Waals surface area contributed by atoms with Crippen molar-refractivity contribution < 1.29 is 21.7 Å². The average molecular weight is 353 g/mol. The van der Waals surface area contributed by atoms with Crippen molar-refractivity contribution in [2.75, 3.05) is 6.61 Å². The average Bonchev–Trinajstić information content (AvgIpc) is 2.93. The van der Waals surface area contributed by atoms with Gasteiger partial charge in [-0.2, -0.15) is 0 Å². The zero-order valence-electron chi connectivity index (χ0n) is 15.3. The predicted molar refractivity (Wildman–Crippen MR) is 96.4 cm³/mol. The zero-order chi connectivity index (χ0) is 16.3. The van der Waals surface area contributed by atoms with Gasteiger partial charge < -0.3 is 17.1 Å². The topological polar surface area (TPSA) is 18.0 Å². The van der Waals surface area contributed by atoms with E-state index in [9.17, 15) is 0 Å². The van der Waals surface area contributed by atoms with Crippen molar-refractivity contribution in [2.45, 2.75) is 78.5 Å². The minimum Gasteiger partial charge on any atom is -1.00 e. The number of hydrogen-bond acceptors (Lipinski definition) is 1. The Morgan fingerprint density at radius 1 is 0.917 bits per heavy atom. The number of rotatable bonds is 12. The molecule has 2 aromatic rings. The third kappa shape index (κ3) is 6.45. The number of unbranched alkanes of at least 4 members (excludes halogenated alkanes) is 6. The van der Waals surface area contributed by atoms with E-state index in [1.807, 2.05) is 0 Å². The fourth-order valence-electron chi connectivity index (χ4n) is 3.03. The van der Waals surface area contributed by atoms with Crippen molar-refractivity contribution in [1.82, 2.24) is 4.57 Å². The maximum Gasteiger partial charge on any atom is 0.246 e. The van der Waals surface area contributed by atoms with Crippen LogP contribution in [0.25, 0.3) is 11.0 Å².